The van der Waals surface area contributed by atoms with Crippen LogP contribution in [-0.2, 0) is 10.0 Å². The molecule has 0 heterocycles. The Bertz CT molecular complexity index is 524. The molecule has 2 rings (SSSR count). The maximum Gasteiger partial charge on any atom is 0.241 e. The Kier molecular flexibility index (Phi) is 5.00. The second-order valence-corrected chi connectivity index (χ2v) is 7.55. The molecule has 106 valence electrons. The summed E-state index contributed by atoms with van der Waals surface area (Å²) in [7, 11) is -3.46. The zero-order chi connectivity index (χ0) is 13.9. The lowest BCUT2D eigenvalue weighted by molar-refractivity contribution is 0.109. The predicted octanol–water partition coefficient (Wildman–Crippen LogP) is 2.28. The first-order chi connectivity index (χ1) is 8.99. The lowest BCUT2D eigenvalue weighted by Gasteiger charge is -2.25. The van der Waals surface area contributed by atoms with Gasteiger partial charge in [-0.05, 0) is 59.7 Å². The normalized spacial score (nSPS) is 24.3. The van der Waals surface area contributed by atoms with Gasteiger partial charge in [-0.3, -0.25) is 0 Å². The molecule has 1 fully saturated rings. The van der Waals surface area contributed by atoms with Gasteiger partial charge in [-0.15, -0.1) is 0 Å². The minimum atomic E-state index is -3.46. The number of halogens is 1. The number of benzene rings is 1. The summed E-state index contributed by atoms with van der Waals surface area (Å²) in [5.41, 5.74) is 0. The lowest BCUT2D eigenvalue weighted by Crippen LogP contribution is -2.32. The topological polar surface area (TPSA) is 66.4 Å². The van der Waals surface area contributed by atoms with Crippen LogP contribution in [0.3, 0.4) is 0 Å². The van der Waals surface area contributed by atoms with Gasteiger partial charge >= 0.3 is 0 Å². The molecule has 1 aromatic rings. The highest BCUT2D eigenvalue weighted by molar-refractivity contribution is 9.10. The third-order valence-corrected chi connectivity index (χ3v) is 5.94. The quantitative estimate of drug-likeness (QED) is 0.877. The molecule has 1 aromatic carbocycles. The monoisotopic (exact) mass is 347 g/mol. The molecule has 1 saturated carbocycles. The number of hydrogen-bond acceptors (Lipinski definition) is 3. The van der Waals surface area contributed by atoms with Gasteiger partial charge in [-0.2, -0.15) is 0 Å². The Morgan fingerprint density at radius 1 is 1.21 bits per heavy atom. The van der Waals surface area contributed by atoms with Crippen LogP contribution in [0.25, 0.3) is 0 Å². The molecule has 1 aliphatic rings. The smallest absolute Gasteiger partial charge is 0.241 e. The molecule has 1 aliphatic carbocycles. The summed E-state index contributed by atoms with van der Waals surface area (Å²) in [5, 5.41) is 9.42. The maximum atomic E-state index is 12.2. The van der Waals surface area contributed by atoms with E-state index in [9.17, 15) is 13.5 Å². The van der Waals surface area contributed by atoms with Crippen molar-refractivity contribution in [3.8, 4) is 0 Å². The minimum absolute atomic E-state index is 0.212. The standard InChI is InChI=1S/C13H18BrNO3S/c14-12-3-1-2-4-13(12)19(17,18)15-9-10-5-7-11(16)8-6-10/h1-4,10-11,15-16H,5-9H2. The molecule has 6 heteroatoms. The molecular formula is C13H18BrNO3S. The van der Waals surface area contributed by atoms with Gasteiger partial charge in [0.05, 0.1) is 11.0 Å². The lowest BCUT2D eigenvalue weighted by atomic mass is 9.88. The van der Waals surface area contributed by atoms with Gasteiger partial charge in [0.25, 0.3) is 0 Å². The Morgan fingerprint density at radius 3 is 2.47 bits per heavy atom. The van der Waals surface area contributed by atoms with E-state index in [1.807, 2.05) is 0 Å². The summed E-state index contributed by atoms with van der Waals surface area (Å²) in [6.07, 6.45) is 3.07. The first-order valence-corrected chi connectivity index (χ1v) is 8.69. The SMILES string of the molecule is O=S(=O)(NCC1CCC(O)CC1)c1ccccc1Br. The summed E-state index contributed by atoms with van der Waals surface area (Å²) in [6.45, 7) is 0.441. The molecule has 0 bridgehead atoms. The number of sulfonamides is 1. The molecule has 0 aliphatic heterocycles. The van der Waals surface area contributed by atoms with Gasteiger partial charge in [-0.25, -0.2) is 13.1 Å². The first kappa shape index (κ1) is 15.0. The van der Waals surface area contributed by atoms with Crippen molar-refractivity contribution < 1.29 is 13.5 Å². The molecule has 0 radical (unpaired) electrons. The number of hydrogen-bond donors (Lipinski definition) is 2. The van der Waals surface area contributed by atoms with Gasteiger partial charge < -0.3 is 5.11 Å². The van der Waals surface area contributed by atoms with Gasteiger partial charge in [0, 0.05) is 11.0 Å². The molecule has 0 unspecified atom stereocenters. The summed E-state index contributed by atoms with van der Waals surface area (Å²) in [4.78, 5) is 0.269. The molecule has 0 saturated heterocycles. The van der Waals surface area contributed by atoms with E-state index >= 15 is 0 Å². The van der Waals surface area contributed by atoms with Gasteiger partial charge in [0.2, 0.25) is 10.0 Å². The fraction of sp³-hybridized carbons (Fsp3) is 0.538. The van der Waals surface area contributed by atoms with Crippen LogP contribution in [0.2, 0.25) is 0 Å². The van der Waals surface area contributed by atoms with Crippen LogP contribution in [0.15, 0.2) is 33.6 Å². The third-order valence-electron chi connectivity index (χ3n) is 3.50. The predicted molar refractivity (Wildman–Crippen MR) is 77.3 cm³/mol. The van der Waals surface area contributed by atoms with Crippen molar-refractivity contribution in [2.75, 3.05) is 6.54 Å². The van der Waals surface area contributed by atoms with Crippen LogP contribution in [0.1, 0.15) is 25.7 Å². The van der Waals surface area contributed by atoms with Crippen LogP contribution >= 0.6 is 15.9 Å². The molecule has 0 aromatic heterocycles. The fourth-order valence-corrected chi connectivity index (χ4v) is 4.43. The number of rotatable bonds is 4. The molecule has 0 atom stereocenters. The molecule has 0 amide bonds. The van der Waals surface area contributed by atoms with E-state index < -0.39 is 10.0 Å². The van der Waals surface area contributed by atoms with Gasteiger partial charge in [0.15, 0.2) is 0 Å². The van der Waals surface area contributed by atoms with Crippen LogP contribution in [0, 0.1) is 5.92 Å². The van der Waals surface area contributed by atoms with E-state index in [0.717, 1.165) is 25.7 Å². The fourth-order valence-electron chi connectivity index (χ4n) is 2.32. The second-order valence-electron chi connectivity index (χ2n) is 4.96. The second kappa shape index (κ2) is 6.35. The molecular weight excluding hydrogens is 330 g/mol. The molecule has 19 heavy (non-hydrogen) atoms. The summed E-state index contributed by atoms with van der Waals surface area (Å²) >= 11 is 3.25. The van der Waals surface area contributed by atoms with Crippen molar-refractivity contribution in [1.29, 1.82) is 0 Å². The van der Waals surface area contributed by atoms with Crippen molar-refractivity contribution in [3.63, 3.8) is 0 Å². The number of aliphatic hydroxyl groups excluding tert-OH is 1. The van der Waals surface area contributed by atoms with Crippen LogP contribution < -0.4 is 4.72 Å². The molecule has 4 nitrogen and oxygen atoms in total. The highest BCUT2D eigenvalue weighted by atomic mass is 79.9. The Morgan fingerprint density at radius 2 is 1.84 bits per heavy atom. The summed E-state index contributed by atoms with van der Waals surface area (Å²) in [6, 6.07) is 6.78. The Labute approximate surface area is 122 Å². The zero-order valence-corrected chi connectivity index (χ0v) is 13.0. The minimum Gasteiger partial charge on any atom is -0.393 e. The van der Waals surface area contributed by atoms with Crippen molar-refractivity contribution in [2.45, 2.75) is 36.7 Å². The summed E-state index contributed by atoms with van der Waals surface area (Å²) < 4.78 is 27.6. The summed E-state index contributed by atoms with van der Waals surface area (Å²) in [5.74, 6) is 0.320. The molecule has 2 N–H and O–H groups in total. The third kappa shape index (κ3) is 4.02. The molecule has 0 spiro atoms. The highest BCUT2D eigenvalue weighted by Crippen LogP contribution is 2.25. The maximum absolute atomic E-state index is 12.2. The average Bonchev–Trinajstić information content (AvgIpc) is 2.38. The van der Waals surface area contributed by atoms with Crippen LogP contribution in [-0.4, -0.2) is 26.2 Å². The van der Waals surface area contributed by atoms with Crippen LogP contribution in [0.4, 0.5) is 0 Å². The highest BCUT2D eigenvalue weighted by Gasteiger charge is 2.22. The van der Waals surface area contributed by atoms with Crippen LogP contribution in [0.5, 0.6) is 0 Å². The van der Waals surface area contributed by atoms with E-state index in [4.69, 9.17) is 0 Å². The van der Waals surface area contributed by atoms with Gasteiger partial charge in [-0.1, -0.05) is 12.1 Å². The Hall–Kier alpha value is -0.430. The Balaban J connectivity index is 1.97. The first-order valence-electron chi connectivity index (χ1n) is 6.41. The zero-order valence-electron chi connectivity index (χ0n) is 10.5. The van der Waals surface area contributed by atoms with Crippen molar-refractivity contribution in [2.24, 2.45) is 5.92 Å². The van der Waals surface area contributed by atoms with E-state index in [1.54, 1.807) is 24.3 Å². The average molecular weight is 348 g/mol. The largest absolute Gasteiger partial charge is 0.393 e. The van der Waals surface area contributed by atoms with E-state index in [1.165, 1.54) is 0 Å². The van der Waals surface area contributed by atoms with E-state index in [-0.39, 0.29) is 11.0 Å². The number of aliphatic hydroxyl groups is 1. The van der Waals surface area contributed by atoms with Crippen molar-refractivity contribution in [1.82, 2.24) is 4.72 Å². The van der Waals surface area contributed by atoms with E-state index in [0.29, 0.717) is 16.9 Å². The van der Waals surface area contributed by atoms with Crippen molar-refractivity contribution >= 4 is 26.0 Å². The van der Waals surface area contributed by atoms with E-state index in [2.05, 4.69) is 20.7 Å². The van der Waals surface area contributed by atoms with Gasteiger partial charge in [0.1, 0.15) is 0 Å². The van der Waals surface area contributed by atoms with Crippen molar-refractivity contribution in [3.05, 3.63) is 28.7 Å². The number of nitrogens with one attached hydrogen (secondary N) is 1.